The molecule has 0 aromatic heterocycles. The van der Waals surface area contributed by atoms with Gasteiger partial charge in [-0.1, -0.05) is 43.7 Å². The Morgan fingerprint density at radius 1 is 1.00 bits per heavy atom. The quantitative estimate of drug-likeness (QED) is 0.656. The zero-order valence-corrected chi connectivity index (χ0v) is 17.0. The van der Waals surface area contributed by atoms with Crippen LogP contribution in [0.5, 0.6) is 0 Å². The van der Waals surface area contributed by atoms with E-state index in [-0.39, 0.29) is 0 Å². The molecule has 6 nitrogen and oxygen atoms in total. The van der Waals surface area contributed by atoms with Crippen molar-refractivity contribution < 1.29 is 14.7 Å². The number of rotatable bonds is 4. The second-order valence-electron chi connectivity index (χ2n) is 7.81. The van der Waals surface area contributed by atoms with Crippen molar-refractivity contribution in [3.05, 3.63) is 23.2 Å². The molecule has 1 saturated heterocycles. The smallest absolute Gasteiger partial charge is 0.394 e. The van der Waals surface area contributed by atoms with E-state index in [1.165, 1.54) is 32.1 Å². The normalized spacial score (nSPS) is 19.5. The van der Waals surface area contributed by atoms with E-state index in [9.17, 15) is 9.59 Å². The van der Waals surface area contributed by atoms with Crippen molar-refractivity contribution >= 4 is 34.9 Å². The topological polar surface area (TPSA) is 81.7 Å². The van der Waals surface area contributed by atoms with E-state index in [4.69, 9.17) is 16.7 Å². The summed E-state index contributed by atoms with van der Waals surface area (Å²) in [5.41, 5.74) is 1.37. The number of anilines is 2. The van der Waals surface area contributed by atoms with E-state index in [0.29, 0.717) is 22.8 Å². The Kier molecular flexibility index (Phi) is 7.57. The Bertz CT molecular complexity index is 683. The maximum Gasteiger partial charge on any atom is 0.394 e. The SMILES string of the molecule is O=C(O)C(=O)Nc1ccc(Cl)cc1N(C1CCCCCCC1)C1CCNCC1. The fourth-order valence-corrected chi connectivity index (χ4v) is 4.66. The molecule has 3 rings (SSSR count). The summed E-state index contributed by atoms with van der Waals surface area (Å²) in [6.07, 6.45) is 10.5. The van der Waals surface area contributed by atoms with Gasteiger partial charge in [0, 0.05) is 17.1 Å². The Morgan fingerprint density at radius 3 is 2.25 bits per heavy atom. The monoisotopic (exact) mass is 407 g/mol. The number of halogens is 1. The highest BCUT2D eigenvalue weighted by Gasteiger charge is 2.30. The summed E-state index contributed by atoms with van der Waals surface area (Å²) in [4.78, 5) is 25.4. The van der Waals surface area contributed by atoms with Crippen molar-refractivity contribution in [2.45, 2.75) is 69.9 Å². The van der Waals surface area contributed by atoms with Gasteiger partial charge in [0.15, 0.2) is 0 Å². The maximum absolute atomic E-state index is 11.9. The van der Waals surface area contributed by atoms with E-state index >= 15 is 0 Å². The first kappa shape index (κ1) is 20.9. The van der Waals surface area contributed by atoms with Crippen LogP contribution in [0.3, 0.4) is 0 Å². The minimum atomic E-state index is -1.49. The molecule has 0 unspecified atom stereocenters. The summed E-state index contributed by atoms with van der Waals surface area (Å²) >= 11 is 6.33. The highest BCUT2D eigenvalue weighted by atomic mass is 35.5. The lowest BCUT2D eigenvalue weighted by molar-refractivity contribution is -0.147. The number of nitrogens with one attached hydrogen (secondary N) is 2. The lowest BCUT2D eigenvalue weighted by Gasteiger charge is -2.43. The molecule has 1 aliphatic carbocycles. The average Bonchev–Trinajstić information content (AvgIpc) is 2.66. The van der Waals surface area contributed by atoms with Gasteiger partial charge in [0.2, 0.25) is 0 Å². The lowest BCUT2D eigenvalue weighted by Crippen LogP contribution is -2.49. The molecule has 1 heterocycles. The van der Waals surface area contributed by atoms with Crippen LogP contribution in [0.25, 0.3) is 0 Å². The van der Waals surface area contributed by atoms with Crippen LogP contribution in [0.1, 0.15) is 57.8 Å². The van der Waals surface area contributed by atoms with Gasteiger partial charge in [-0.05, 0) is 57.0 Å². The zero-order chi connectivity index (χ0) is 19.9. The number of nitrogens with zero attached hydrogens (tertiary/aromatic N) is 1. The predicted molar refractivity (Wildman–Crippen MR) is 112 cm³/mol. The number of carbonyl (C=O) groups excluding carboxylic acids is 1. The molecule has 2 aliphatic rings. The van der Waals surface area contributed by atoms with E-state index < -0.39 is 11.9 Å². The minimum Gasteiger partial charge on any atom is -0.474 e. The van der Waals surface area contributed by atoms with Gasteiger partial charge in [0.05, 0.1) is 11.4 Å². The Morgan fingerprint density at radius 2 is 1.61 bits per heavy atom. The summed E-state index contributed by atoms with van der Waals surface area (Å²) in [7, 11) is 0. The van der Waals surface area contributed by atoms with Crippen molar-refractivity contribution in [1.29, 1.82) is 0 Å². The van der Waals surface area contributed by atoms with Gasteiger partial charge in [-0.25, -0.2) is 4.79 Å². The van der Waals surface area contributed by atoms with Gasteiger partial charge in [-0.3, -0.25) is 4.79 Å². The number of aliphatic carboxylic acids is 1. The number of piperidine rings is 1. The highest BCUT2D eigenvalue weighted by molar-refractivity contribution is 6.37. The van der Waals surface area contributed by atoms with Crippen molar-refractivity contribution in [3.63, 3.8) is 0 Å². The fraction of sp³-hybridized carbons (Fsp3) is 0.619. The number of amides is 1. The molecule has 1 saturated carbocycles. The lowest BCUT2D eigenvalue weighted by atomic mass is 9.92. The van der Waals surface area contributed by atoms with Crippen LogP contribution >= 0.6 is 11.6 Å². The molecule has 28 heavy (non-hydrogen) atoms. The molecule has 2 fully saturated rings. The van der Waals surface area contributed by atoms with Gasteiger partial charge in [0.1, 0.15) is 0 Å². The van der Waals surface area contributed by atoms with Crippen LogP contribution in [0, 0.1) is 0 Å². The maximum atomic E-state index is 11.9. The van der Waals surface area contributed by atoms with Gasteiger partial charge in [-0.15, -0.1) is 0 Å². The molecule has 7 heteroatoms. The van der Waals surface area contributed by atoms with Gasteiger partial charge < -0.3 is 20.6 Å². The van der Waals surface area contributed by atoms with Crippen molar-refractivity contribution in [3.8, 4) is 0 Å². The molecule has 1 aliphatic heterocycles. The zero-order valence-electron chi connectivity index (χ0n) is 16.3. The van der Waals surface area contributed by atoms with E-state index in [1.54, 1.807) is 12.1 Å². The van der Waals surface area contributed by atoms with Crippen molar-refractivity contribution in [2.24, 2.45) is 0 Å². The largest absolute Gasteiger partial charge is 0.474 e. The minimum absolute atomic E-state index is 0.352. The summed E-state index contributed by atoms with van der Waals surface area (Å²) < 4.78 is 0. The average molecular weight is 408 g/mol. The second kappa shape index (κ2) is 10.1. The number of benzene rings is 1. The second-order valence-corrected chi connectivity index (χ2v) is 8.24. The van der Waals surface area contributed by atoms with Crippen LogP contribution in [0.2, 0.25) is 5.02 Å². The Hall–Kier alpha value is -1.79. The number of hydrogen-bond donors (Lipinski definition) is 3. The first-order chi connectivity index (χ1) is 13.6. The molecule has 1 aromatic rings. The molecular formula is C21H30ClN3O3. The number of carbonyl (C=O) groups is 2. The van der Waals surface area contributed by atoms with Crippen molar-refractivity contribution in [1.82, 2.24) is 5.32 Å². The van der Waals surface area contributed by atoms with Crippen LogP contribution in [-0.2, 0) is 9.59 Å². The van der Waals surface area contributed by atoms with Gasteiger partial charge in [0.25, 0.3) is 0 Å². The van der Waals surface area contributed by atoms with E-state index in [2.05, 4.69) is 15.5 Å². The molecule has 154 valence electrons. The molecular weight excluding hydrogens is 378 g/mol. The summed E-state index contributed by atoms with van der Waals surface area (Å²) in [5.74, 6) is -2.51. The van der Waals surface area contributed by atoms with Crippen LogP contribution in [-0.4, -0.2) is 42.2 Å². The molecule has 0 radical (unpaired) electrons. The summed E-state index contributed by atoms with van der Waals surface area (Å²) in [6.45, 7) is 1.93. The highest BCUT2D eigenvalue weighted by Crippen LogP contribution is 2.37. The van der Waals surface area contributed by atoms with E-state index in [1.807, 2.05) is 6.07 Å². The summed E-state index contributed by atoms with van der Waals surface area (Å²) in [6, 6.07) is 6.02. The summed E-state index contributed by atoms with van der Waals surface area (Å²) in [5, 5.41) is 15.6. The standard InChI is InChI=1S/C21H30ClN3O3/c22-15-8-9-18(24-20(26)21(27)28)19(14-15)25(17-10-12-23-13-11-17)16-6-4-2-1-3-5-7-16/h8-9,14,16-17,23H,1-7,10-13H2,(H,24,26)(H,27,28). The van der Waals surface area contributed by atoms with Crippen molar-refractivity contribution in [2.75, 3.05) is 23.3 Å². The van der Waals surface area contributed by atoms with Crippen LogP contribution < -0.4 is 15.5 Å². The first-order valence-corrected chi connectivity index (χ1v) is 10.8. The molecule has 1 aromatic carbocycles. The molecule has 1 amide bonds. The third kappa shape index (κ3) is 5.39. The number of hydrogen-bond acceptors (Lipinski definition) is 4. The molecule has 3 N–H and O–H groups in total. The third-order valence-corrected chi connectivity index (χ3v) is 6.09. The Balaban J connectivity index is 1.97. The first-order valence-electron chi connectivity index (χ1n) is 10.4. The van der Waals surface area contributed by atoms with Crippen LogP contribution in [0.15, 0.2) is 18.2 Å². The number of carboxylic acids is 1. The molecule has 0 bridgehead atoms. The Labute approximate surface area is 171 Å². The van der Waals surface area contributed by atoms with Gasteiger partial charge in [-0.2, -0.15) is 0 Å². The van der Waals surface area contributed by atoms with E-state index in [0.717, 1.165) is 44.5 Å². The third-order valence-electron chi connectivity index (χ3n) is 5.85. The fourth-order valence-electron chi connectivity index (χ4n) is 4.49. The molecule has 0 spiro atoms. The molecule has 0 atom stereocenters. The predicted octanol–water partition coefficient (Wildman–Crippen LogP) is 4.03. The van der Waals surface area contributed by atoms with Crippen LogP contribution in [0.4, 0.5) is 11.4 Å². The number of carboxylic acid groups (broad SMARTS) is 1. The van der Waals surface area contributed by atoms with Gasteiger partial charge >= 0.3 is 11.9 Å².